The van der Waals surface area contributed by atoms with Crippen LogP contribution in [0.2, 0.25) is 0 Å². The van der Waals surface area contributed by atoms with Gasteiger partial charge in [-0.05, 0) is 13.5 Å². The van der Waals surface area contributed by atoms with Crippen LogP contribution in [0.15, 0.2) is 6.33 Å². The Morgan fingerprint density at radius 1 is 1.61 bits per heavy atom. The van der Waals surface area contributed by atoms with Crippen LogP contribution < -0.4 is 5.32 Å². The molecular formula is C12H23N5O. The van der Waals surface area contributed by atoms with Crippen LogP contribution in [-0.4, -0.2) is 59.1 Å². The van der Waals surface area contributed by atoms with E-state index < -0.39 is 0 Å². The number of rotatable bonds is 6. The molecule has 1 saturated heterocycles. The Kier molecular flexibility index (Phi) is 5.10. The van der Waals surface area contributed by atoms with E-state index in [4.69, 9.17) is 4.74 Å². The minimum Gasteiger partial charge on any atom is -0.374 e. The maximum absolute atomic E-state index is 5.70. The summed E-state index contributed by atoms with van der Waals surface area (Å²) in [4.78, 5) is 6.57. The van der Waals surface area contributed by atoms with Gasteiger partial charge in [-0.25, -0.2) is 9.67 Å². The third kappa shape index (κ3) is 3.76. The molecule has 0 saturated carbocycles. The van der Waals surface area contributed by atoms with Crippen molar-refractivity contribution in [3.05, 3.63) is 12.2 Å². The van der Waals surface area contributed by atoms with E-state index >= 15 is 0 Å². The van der Waals surface area contributed by atoms with Gasteiger partial charge in [-0.3, -0.25) is 4.90 Å². The molecule has 102 valence electrons. The maximum atomic E-state index is 5.70. The summed E-state index contributed by atoms with van der Waals surface area (Å²) in [5.41, 5.74) is 0. The lowest BCUT2D eigenvalue weighted by Gasteiger charge is -2.27. The molecule has 1 aromatic heterocycles. The standard InChI is InChI=1S/C12H23N5O/c1-3-5-17-12(14-10-15-17)9-16(2)8-11-7-13-4-6-18-11/h10-11,13H,3-9H2,1-2H3. The molecule has 0 aliphatic carbocycles. The monoisotopic (exact) mass is 253 g/mol. The average Bonchev–Trinajstić information content (AvgIpc) is 2.78. The summed E-state index contributed by atoms with van der Waals surface area (Å²) < 4.78 is 7.68. The van der Waals surface area contributed by atoms with Crippen molar-refractivity contribution in [3.8, 4) is 0 Å². The Bertz CT molecular complexity index is 348. The molecular weight excluding hydrogens is 230 g/mol. The second kappa shape index (κ2) is 6.82. The van der Waals surface area contributed by atoms with Crippen LogP contribution in [0.3, 0.4) is 0 Å². The molecule has 2 heterocycles. The van der Waals surface area contributed by atoms with Crippen molar-refractivity contribution in [1.82, 2.24) is 25.0 Å². The molecule has 1 fully saturated rings. The van der Waals surface area contributed by atoms with Crippen LogP contribution in [0.4, 0.5) is 0 Å². The molecule has 6 heteroatoms. The van der Waals surface area contributed by atoms with Crippen molar-refractivity contribution in [1.29, 1.82) is 0 Å². The molecule has 0 aromatic carbocycles. The molecule has 1 aromatic rings. The van der Waals surface area contributed by atoms with E-state index in [0.717, 1.165) is 51.6 Å². The quantitative estimate of drug-likeness (QED) is 0.780. The Morgan fingerprint density at radius 3 is 3.22 bits per heavy atom. The number of hydrogen-bond donors (Lipinski definition) is 1. The highest BCUT2D eigenvalue weighted by molar-refractivity contribution is 4.85. The third-order valence-electron chi connectivity index (χ3n) is 3.06. The predicted octanol–water partition coefficient (Wildman–Crippen LogP) is 0.108. The molecule has 0 amide bonds. The van der Waals surface area contributed by atoms with Gasteiger partial charge in [0.15, 0.2) is 0 Å². The lowest BCUT2D eigenvalue weighted by Crippen LogP contribution is -2.44. The summed E-state index contributed by atoms with van der Waals surface area (Å²) in [6.45, 7) is 7.54. The van der Waals surface area contributed by atoms with Gasteiger partial charge in [-0.2, -0.15) is 5.10 Å². The molecule has 18 heavy (non-hydrogen) atoms. The number of nitrogens with zero attached hydrogens (tertiary/aromatic N) is 4. The number of aryl methyl sites for hydroxylation is 1. The van der Waals surface area contributed by atoms with Crippen molar-refractivity contribution in [2.45, 2.75) is 32.5 Å². The number of hydrogen-bond acceptors (Lipinski definition) is 5. The lowest BCUT2D eigenvalue weighted by molar-refractivity contribution is 0.00830. The van der Waals surface area contributed by atoms with Gasteiger partial charge in [0, 0.05) is 26.2 Å². The topological polar surface area (TPSA) is 55.2 Å². The SMILES string of the molecule is CCCn1ncnc1CN(C)CC1CNCCO1. The van der Waals surface area contributed by atoms with Gasteiger partial charge in [-0.15, -0.1) is 0 Å². The van der Waals surface area contributed by atoms with Crippen LogP contribution in [0.25, 0.3) is 0 Å². The zero-order valence-corrected chi connectivity index (χ0v) is 11.3. The molecule has 0 bridgehead atoms. The number of aromatic nitrogens is 3. The number of ether oxygens (including phenoxy) is 1. The zero-order chi connectivity index (χ0) is 12.8. The van der Waals surface area contributed by atoms with Crippen LogP contribution in [0, 0.1) is 0 Å². The first-order valence-corrected chi connectivity index (χ1v) is 6.67. The molecule has 1 aliphatic rings. The molecule has 1 unspecified atom stereocenters. The van der Waals surface area contributed by atoms with Gasteiger partial charge in [-0.1, -0.05) is 6.92 Å². The first-order valence-electron chi connectivity index (χ1n) is 6.67. The first-order chi connectivity index (χ1) is 8.79. The van der Waals surface area contributed by atoms with E-state index in [1.807, 2.05) is 4.68 Å². The average molecular weight is 253 g/mol. The first kappa shape index (κ1) is 13.5. The van der Waals surface area contributed by atoms with E-state index in [0.29, 0.717) is 0 Å². The lowest BCUT2D eigenvalue weighted by atomic mass is 10.3. The van der Waals surface area contributed by atoms with Crippen LogP contribution in [0.1, 0.15) is 19.2 Å². The van der Waals surface area contributed by atoms with Gasteiger partial charge in [0.1, 0.15) is 12.2 Å². The largest absolute Gasteiger partial charge is 0.374 e. The number of nitrogens with one attached hydrogen (secondary N) is 1. The molecule has 1 aliphatic heterocycles. The fourth-order valence-corrected chi connectivity index (χ4v) is 2.20. The highest BCUT2D eigenvalue weighted by atomic mass is 16.5. The molecule has 0 spiro atoms. The summed E-state index contributed by atoms with van der Waals surface area (Å²) >= 11 is 0. The summed E-state index contributed by atoms with van der Waals surface area (Å²) in [6, 6.07) is 0. The van der Waals surface area contributed by atoms with E-state index in [1.54, 1.807) is 6.33 Å². The van der Waals surface area contributed by atoms with E-state index in [-0.39, 0.29) is 6.10 Å². The number of likely N-dealkylation sites (N-methyl/N-ethyl adjacent to an activating group) is 1. The predicted molar refractivity (Wildman–Crippen MR) is 69.3 cm³/mol. The van der Waals surface area contributed by atoms with Gasteiger partial charge in [0.2, 0.25) is 0 Å². The number of morpholine rings is 1. The maximum Gasteiger partial charge on any atom is 0.140 e. The Labute approximate surface area is 108 Å². The summed E-state index contributed by atoms with van der Waals surface area (Å²) in [6.07, 6.45) is 3.00. The van der Waals surface area contributed by atoms with Crippen molar-refractivity contribution in [2.75, 3.05) is 33.3 Å². The smallest absolute Gasteiger partial charge is 0.140 e. The summed E-state index contributed by atoms with van der Waals surface area (Å²) in [7, 11) is 2.10. The van der Waals surface area contributed by atoms with E-state index in [9.17, 15) is 0 Å². The third-order valence-corrected chi connectivity index (χ3v) is 3.06. The second-order valence-corrected chi connectivity index (χ2v) is 4.79. The Morgan fingerprint density at radius 2 is 2.50 bits per heavy atom. The van der Waals surface area contributed by atoms with Crippen molar-refractivity contribution in [3.63, 3.8) is 0 Å². The van der Waals surface area contributed by atoms with E-state index in [1.165, 1.54) is 0 Å². The van der Waals surface area contributed by atoms with E-state index in [2.05, 4.69) is 34.3 Å². The fraction of sp³-hybridized carbons (Fsp3) is 0.833. The molecule has 0 radical (unpaired) electrons. The van der Waals surface area contributed by atoms with Crippen molar-refractivity contribution in [2.24, 2.45) is 0 Å². The fourth-order valence-electron chi connectivity index (χ4n) is 2.20. The highest BCUT2D eigenvalue weighted by Crippen LogP contribution is 2.04. The van der Waals surface area contributed by atoms with Crippen LogP contribution >= 0.6 is 0 Å². The van der Waals surface area contributed by atoms with Gasteiger partial charge in [0.05, 0.1) is 19.3 Å². The van der Waals surface area contributed by atoms with Crippen LogP contribution in [-0.2, 0) is 17.8 Å². The van der Waals surface area contributed by atoms with Crippen molar-refractivity contribution < 1.29 is 4.74 Å². The molecule has 1 atom stereocenters. The molecule has 1 N–H and O–H groups in total. The second-order valence-electron chi connectivity index (χ2n) is 4.79. The summed E-state index contributed by atoms with van der Waals surface area (Å²) in [5.74, 6) is 1.03. The normalized spacial score (nSPS) is 20.5. The highest BCUT2D eigenvalue weighted by Gasteiger charge is 2.16. The molecule has 6 nitrogen and oxygen atoms in total. The molecule has 2 rings (SSSR count). The Hall–Kier alpha value is -0.980. The van der Waals surface area contributed by atoms with Crippen LogP contribution in [0.5, 0.6) is 0 Å². The zero-order valence-electron chi connectivity index (χ0n) is 11.3. The minimum absolute atomic E-state index is 0.284. The van der Waals surface area contributed by atoms with Crippen molar-refractivity contribution >= 4 is 0 Å². The summed E-state index contributed by atoms with van der Waals surface area (Å²) in [5, 5.41) is 7.59. The Balaban J connectivity index is 1.82. The minimum atomic E-state index is 0.284. The van der Waals surface area contributed by atoms with Gasteiger partial charge >= 0.3 is 0 Å². The van der Waals surface area contributed by atoms with Gasteiger partial charge in [0.25, 0.3) is 0 Å². The van der Waals surface area contributed by atoms with Gasteiger partial charge < -0.3 is 10.1 Å².